The summed E-state index contributed by atoms with van der Waals surface area (Å²) in [5.41, 5.74) is -0.00603. The Hall–Kier alpha value is -3.48. The second-order valence-corrected chi connectivity index (χ2v) is 4.58. The molecule has 0 aliphatic rings. The number of halogens is 3. The van der Waals surface area contributed by atoms with Gasteiger partial charge in [0.15, 0.2) is 5.82 Å². The van der Waals surface area contributed by atoms with Gasteiger partial charge in [-0.1, -0.05) is 0 Å². The van der Waals surface area contributed by atoms with Gasteiger partial charge in [0.1, 0.15) is 18.1 Å². The van der Waals surface area contributed by atoms with Crippen LogP contribution in [0.3, 0.4) is 0 Å². The van der Waals surface area contributed by atoms with Crippen LogP contribution in [0.5, 0.6) is 0 Å². The van der Waals surface area contributed by atoms with Gasteiger partial charge in [-0.3, -0.25) is 0 Å². The second kappa shape index (κ2) is 5.96. The molecule has 0 aliphatic carbocycles. The molecule has 0 saturated heterocycles. The highest BCUT2D eigenvalue weighted by Gasteiger charge is 2.30. The molecule has 3 rings (SSSR count). The third-order valence-corrected chi connectivity index (χ3v) is 2.94. The molecular weight excluding hydrogens is 323 g/mol. The van der Waals surface area contributed by atoms with Crippen molar-refractivity contribution in [3.63, 3.8) is 0 Å². The molecule has 1 N–H and O–H groups in total. The quantitative estimate of drug-likeness (QED) is 0.793. The first-order valence-electron chi connectivity index (χ1n) is 6.54. The predicted molar refractivity (Wildman–Crippen MR) is 76.4 cm³/mol. The molecule has 0 atom stereocenters. The standard InChI is InChI=1S/C14H8F3N7/c15-14(16,17)9-1-4-12(20-6-9)24-8-21-13(23-24)22-11-3-2-10(5-18)19-7-11/h1-4,6-8H,(H,22,23). The maximum atomic E-state index is 12.5. The van der Waals surface area contributed by atoms with Crippen molar-refractivity contribution in [1.82, 2.24) is 24.7 Å². The Morgan fingerprint density at radius 2 is 1.88 bits per heavy atom. The smallest absolute Gasteiger partial charge is 0.321 e. The van der Waals surface area contributed by atoms with E-state index in [1.807, 2.05) is 6.07 Å². The zero-order valence-electron chi connectivity index (χ0n) is 11.9. The molecule has 0 saturated carbocycles. The largest absolute Gasteiger partial charge is 0.417 e. The fourth-order valence-corrected chi connectivity index (χ4v) is 1.78. The molecule has 0 amide bonds. The van der Waals surface area contributed by atoms with Gasteiger partial charge in [-0.15, -0.1) is 5.10 Å². The van der Waals surface area contributed by atoms with E-state index in [1.165, 1.54) is 29.3 Å². The molecule has 3 aromatic rings. The normalized spacial score (nSPS) is 11.1. The molecule has 7 nitrogen and oxygen atoms in total. The number of anilines is 2. The minimum absolute atomic E-state index is 0.196. The van der Waals surface area contributed by atoms with Crippen LogP contribution in [0.1, 0.15) is 11.3 Å². The van der Waals surface area contributed by atoms with Crippen molar-refractivity contribution in [2.45, 2.75) is 6.18 Å². The molecule has 0 unspecified atom stereocenters. The molecule has 0 fully saturated rings. The Bertz CT molecular complexity index is 876. The number of alkyl halides is 3. The highest BCUT2D eigenvalue weighted by atomic mass is 19.4. The third kappa shape index (κ3) is 3.30. The lowest BCUT2D eigenvalue weighted by molar-refractivity contribution is -0.137. The summed E-state index contributed by atoms with van der Waals surface area (Å²) in [6.45, 7) is 0. The zero-order chi connectivity index (χ0) is 17.2. The van der Waals surface area contributed by atoms with E-state index in [4.69, 9.17) is 5.26 Å². The van der Waals surface area contributed by atoms with Crippen molar-refractivity contribution in [3.8, 4) is 11.9 Å². The number of hydrogen-bond donors (Lipinski definition) is 1. The van der Waals surface area contributed by atoms with Gasteiger partial charge in [0.2, 0.25) is 5.95 Å². The van der Waals surface area contributed by atoms with Gasteiger partial charge in [-0.05, 0) is 24.3 Å². The van der Waals surface area contributed by atoms with Gasteiger partial charge in [-0.25, -0.2) is 14.6 Å². The van der Waals surface area contributed by atoms with E-state index < -0.39 is 11.7 Å². The molecular formula is C14H8F3N7. The summed E-state index contributed by atoms with van der Waals surface area (Å²) >= 11 is 0. The van der Waals surface area contributed by atoms with E-state index in [1.54, 1.807) is 6.07 Å². The molecule has 3 aromatic heterocycles. The Morgan fingerprint density at radius 1 is 1.04 bits per heavy atom. The average molecular weight is 331 g/mol. The lowest BCUT2D eigenvalue weighted by Crippen LogP contribution is -2.07. The molecule has 0 aliphatic heterocycles. The van der Waals surface area contributed by atoms with Gasteiger partial charge in [0.05, 0.1) is 17.4 Å². The molecule has 0 aromatic carbocycles. The van der Waals surface area contributed by atoms with Crippen molar-refractivity contribution in [2.24, 2.45) is 0 Å². The van der Waals surface area contributed by atoms with Crippen LogP contribution in [-0.4, -0.2) is 24.7 Å². The summed E-state index contributed by atoms with van der Waals surface area (Å²) < 4.78 is 38.8. The zero-order valence-corrected chi connectivity index (χ0v) is 11.9. The van der Waals surface area contributed by atoms with E-state index in [9.17, 15) is 13.2 Å². The number of nitrogens with one attached hydrogen (secondary N) is 1. The summed E-state index contributed by atoms with van der Waals surface area (Å²) in [5, 5.41) is 15.6. The highest BCUT2D eigenvalue weighted by Crippen LogP contribution is 2.28. The fourth-order valence-electron chi connectivity index (χ4n) is 1.78. The lowest BCUT2D eigenvalue weighted by atomic mass is 10.3. The fraction of sp³-hybridized carbons (Fsp3) is 0.0714. The molecule has 0 radical (unpaired) electrons. The maximum absolute atomic E-state index is 12.5. The van der Waals surface area contributed by atoms with Crippen LogP contribution >= 0.6 is 0 Å². The first-order chi connectivity index (χ1) is 11.5. The van der Waals surface area contributed by atoms with Gasteiger partial charge in [0.25, 0.3) is 0 Å². The minimum Gasteiger partial charge on any atom is -0.321 e. The van der Waals surface area contributed by atoms with Gasteiger partial charge in [0, 0.05) is 6.20 Å². The van der Waals surface area contributed by atoms with Crippen LogP contribution in [0.25, 0.3) is 5.82 Å². The van der Waals surface area contributed by atoms with E-state index in [0.29, 0.717) is 5.69 Å². The molecule has 120 valence electrons. The van der Waals surface area contributed by atoms with Crippen LogP contribution in [-0.2, 0) is 6.18 Å². The number of aromatic nitrogens is 5. The van der Waals surface area contributed by atoms with E-state index in [0.717, 1.165) is 12.3 Å². The van der Waals surface area contributed by atoms with Crippen molar-refractivity contribution < 1.29 is 13.2 Å². The van der Waals surface area contributed by atoms with Gasteiger partial charge < -0.3 is 5.32 Å². The van der Waals surface area contributed by atoms with Crippen molar-refractivity contribution in [2.75, 3.05) is 5.32 Å². The van der Waals surface area contributed by atoms with Crippen molar-refractivity contribution in [1.29, 1.82) is 5.26 Å². The summed E-state index contributed by atoms with van der Waals surface area (Å²) in [6.07, 6.45) is -0.956. The number of hydrogen-bond acceptors (Lipinski definition) is 6. The number of nitrogens with zero attached hydrogens (tertiary/aromatic N) is 6. The third-order valence-electron chi connectivity index (χ3n) is 2.94. The predicted octanol–water partition coefficient (Wildman–Crippen LogP) is 2.69. The van der Waals surface area contributed by atoms with Crippen LogP contribution in [0, 0.1) is 11.3 Å². The Morgan fingerprint density at radius 3 is 2.46 bits per heavy atom. The summed E-state index contributed by atoms with van der Waals surface area (Å²) in [5.74, 6) is 0.407. The van der Waals surface area contributed by atoms with E-state index in [-0.39, 0.29) is 17.5 Å². The maximum Gasteiger partial charge on any atom is 0.417 e. The van der Waals surface area contributed by atoms with Gasteiger partial charge >= 0.3 is 6.18 Å². The number of pyridine rings is 2. The van der Waals surface area contributed by atoms with Gasteiger partial charge in [-0.2, -0.15) is 23.4 Å². The Balaban J connectivity index is 1.76. The van der Waals surface area contributed by atoms with Crippen molar-refractivity contribution >= 4 is 11.6 Å². The van der Waals surface area contributed by atoms with E-state index in [2.05, 4.69) is 25.4 Å². The lowest BCUT2D eigenvalue weighted by Gasteiger charge is -2.06. The van der Waals surface area contributed by atoms with E-state index >= 15 is 0 Å². The first-order valence-corrected chi connectivity index (χ1v) is 6.54. The first kappa shape index (κ1) is 15.4. The summed E-state index contributed by atoms with van der Waals surface area (Å²) in [6, 6.07) is 7.17. The minimum atomic E-state index is -4.44. The Kier molecular flexibility index (Phi) is 3.83. The topological polar surface area (TPSA) is 92.3 Å². The van der Waals surface area contributed by atoms with Crippen LogP contribution in [0.15, 0.2) is 43.0 Å². The summed E-state index contributed by atoms with van der Waals surface area (Å²) in [4.78, 5) is 11.6. The molecule has 0 spiro atoms. The molecule has 0 bridgehead atoms. The molecule has 3 heterocycles. The molecule has 24 heavy (non-hydrogen) atoms. The highest BCUT2D eigenvalue weighted by molar-refractivity contribution is 5.52. The molecule has 10 heteroatoms. The monoisotopic (exact) mass is 331 g/mol. The van der Waals surface area contributed by atoms with Crippen LogP contribution < -0.4 is 5.32 Å². The summed E-state index contributed by atoms with van der Waals surface area (Å²) in [7, 11) is 0. The SMILES string of the molecule is N#Cc1ccc(Nc2ncn(-c3ccc(C(F)(F)F)cn3)n2)cn1. The Labute approximate surface area is 133 Å². The van der Waals surface area contributed by atoms with Crippen LogP contribution in [0.4, 0.5) is 24.8 Å². The average Bonchev–Trinajstić information content (AvgIpc) is 3.03. The second-order valence-electron chi connectivity index (χ2n) is 4.58. The van der Waals surface area contributed by atoms with Crippen LogP contribution in [0.2, 0.25) is 0 Å². The van der Waals surface area contributed by atoms with Crippen molar-refractivity contribution in [3.05, 3.63) is 54.2 Å². The number of rotatable bonds is 3. The number of nitriles is 1.